The Balaban J connectivity index is 1.37. The molecule has 142 valence electrons. The number of carbonyl (C=O) groups is 1. The number of methoxy groups -OCH3 is 1. The van der Waals surface area contributed by atoms with Crippen molar-refractivity contribution in [3.8, 4) is 5.88 Å². The van der Waals surface area contributed by atoms with Crippen LogP contribution in [0.25, 0.3) is 0 Å². The number of likely N-dealkylation sites (tertiary alicyclic amines) is 1. The minimum absolute atomic E-state index is 0.0326. The predicted octanol–water partition coefficient (Wildman–Crippen LogP) is 3.34. The first-order valence-electron chi connectivity index (χ1n) is 9.77. The Bertz CT molecular complexity index is 884. The summed E-state index contributed by atoms with van der Waals surface area (Å²) < 4.78 is 11.7. The van der Waals surface area contributed by atoms with Crippen molar-refractivity contribution in [2.75, 3.05) is 26.8 Å². The van der Waals surface area contributed by atoms with Crippen molar-refractivity contribution in [2.24, 2.45) is 0 Å². The maximum atomic E-state index is 13.2. The lowest BCUT2D eigenvalue weighted by Crippen LogP contribution is -2.48. The van der Waals surface area contributed by atoms with Crippen molar-refractivity contribution in [2.45, 2.75) is 44.1 Å². The zero-order valence-electron chi connectivity index (χ0n) is 15.6. The molecule has 1 aliphatic carbocycles. The highest BCUT2D eigenvalue weighted by Gasteiger charge is 2.42. The van der Waals surface area contributed by atoms with Gasteiger partial charge in [0.15, 0.2) is 0 Å². The van der Waals surface area contributed by atoms with Gasteiger partial charge in [-0.3, -0.25) is 4.79 Å². The molecule has 1 saturated heterocycles. The van der Waals surface area contributed by atoms with Gasteiger partial charge in [0.2, 0.25) is 5.88 Å². The number of ether oxygens (including phenoxy) is 2. The molecule has 6 heteroatoms. The van der Waals surface area contributed by atoms with Crippen LogP contribution in [0, 0.1) is 0 Å². The van der Waals surface area contributed by atoms with E-state index in [2.05, 4.69) is 16.4 Å². The molecule has 1 amide bonds. The Morgan fingerprint density at radius 2 is 2.15 bits per heavy atom. The molecule has 2 aromatic rings. The number of pyridine rings is 1. The molecule has 5 nitrogen and oxygen atoms in total. The molecule has 4 heterocycles. The van der Waals surface area contributed by atoms with Crippen LogP contribution >= 0.6 is 11.3 Å². The fourth-order valence-electron chi connectivity index (χ4n) is 4.77. The first kappa shape index (κ1) is 17.2. The van der Waals surface area contributed by atoms with E-state index in [1.54, 1.807) is 7.11 Å². The lowest BCUT2D eigenvalue weighted by Gasteiger charge is -2.44. The maximum absolute atomic E-state index is 13.2. The third kappa shape index (κ3) is 2.77. The van der Waals surface area contributed by atoms with Crippen LogP contribution in [0.4, 0.5) is 0 Å². The Morgan fingerprint density at radius 1 is 1.30 bits per heavy atom. The summed E-state index contributed by atoms with van der Waals surface area (Å²) in [6.45, 7) is 2.19. The van der Waals surface area contributed by atoms with E-state index in [-0.39, 0.29) is 11.5 Å². The second-order valence-electron chi connectivity index (χ2n) is 7.65. The molecule has 0 radical (unpaired) electrons. The Kier molecular flexibility index (Phi) is 4.20. The van der Waals surface area contributed by atoms with Gasteiger partial charge in [-0.2, -0.15) is 0 Å². The topological polar surface area (TPSA) is 51.7 Å². The number of aryl methyl sites for hydroxylation is 2. The van der Waals surface area contributed by atoms with Crippen LogP contribution in [0.15, 0.2) is 17.5 Å². The number of piperidine rings is 1. The highest BCUT2D eigenvalue weighted by atomic mass is 32.1. The number of nitrogens with zero attached hydrogens (tertiary/aromatic N) is 2. The zero-order chi connectivity index (χ0) is 18.4. The van der Waals surface area contributed by atoms with Crippen molar-refractivity contribution in [1.29, 1.82) is 0 Å². The molecule has 0 aromatic carbocycles. The number of aromatic nitrogens is 1. The Hall–Kier alpha value is -1.92. The molecule has 3 aliphatic rings. The van der Waals surface area contributed by atoms with Crippen LogP contribution in [0.2, 0.25) is 0 Å². The fourth-order valence-corrected chi connectivity index (χ4v) is 5.72. The van der Waals surface area contributed by atoms with Crippen molar-refractivity contribution >= 4 is 17.2 Å². The SMILES string of the molecule is COc1nc2c(cc1C(=O)N1CCC3(CC1)OCCc1sccc13)CCC2. The molecular formula is C21H24N2O3S. The number of rotatable bonds is 2. The molecule has 2 aliphatic heterocycles. The average Bonchev–Trinajstić information content (AvgIpc) is 3.36. The second-order valence-corrected chi connectivity index (χ2v) is 8.65. The van der Waals surface area contributed by atoms with Crippen LogP contribution in [0.5, 0.6) is 5.88 Å². The maximum Gasteiger partial charge on any atom is 0.259 e. The average molecular weight is 385 g/mol. The minimum Gasteiger partial charge on any atom is -0.480 e. The van der Waals surface area contributed by atoms with Gasteiger partial charge in [0.1, 0.15) is 5.56 Å². The highest BCUT2D eigenvalue weighted by Crippen LogP contribution is 2.43. The number of amides is 1. The smallest absolute Gasteiger partial charge is 0.259 e. The molecule has 0 unspecified atom stereocenters. The van der Waals surface area contributed by atoms with Crippen LogP contribution < -0.4 is 4.74 Å². The van der Waals surface area contributed by atoms with Crippen LogP contribution in [0.1, 0.15) is 51.3 Å². The fraction of sp³-hybridized carbons (Fsp3) is 0.524. The number of thiophene rings is 1. The van der Waals surface area contributed by atoms with Gasteiger partial charge < -0.3 is 14.4 Å². The molecule has 1 spiro atoms. The van der Waals surface area contributed by atoms with Crippen molar-refractivity contribution in [3.63, 3.8) is 0 Å². The van der Waals surface area contributed by atoms with E-state index in [9.17, 15) is 4.79 Å². The van der Waals surface area contributed by atoms with E-state index in [1.165, 1.54) is 16.0 Å². The largest absolute Gasteiger partial charge is 0.480 e. The molecule has 1 fully saturated rings. The summed E-state index contributed by atoms with van der Waals surface area (Å²) in [5.74, 6) is 0.500. The summed E-state index contributed by atoms with van der Waals surface area (Å²) in [5.41, 5.74) is 4.04. The van der Waals surface area contributed by atoms with Crippen molar-refractivity contribution < 1.29 is 14.3 Å². The third-order valence-electron chi connectivity index (χ3n) is 6.24. The van der Waals surface area contributed by atoms with E-state index in [4.69, 9.17) is 9.47 Å². The van der Waals surface area contributed by atoms with Gasteiger partial charge in [0.25, 0.3) is 5.91 Å². The zero-order valence-corrected chi connectivity index (χ0v) is 16.4. The Labute approximate surface area is 163 Å². The van der Waals surface area contributed by atoms with Crippen molar-refractivity contribution in [1.82, 2.24) is 9.88 Å². The molecule has 2 aromatic heterocycles. The number of hydrogen-bond acceptors (Lipinski definition) is 5. The summed E-state index contributed by atoms with van der Waals surface area (Å²) >= 11 is 1.83. The molecule has 0 saturated carbocycles. The molecule has 0 N–H and O–H groups in total. The van der Waals surface area contributed by atoms with E-state index in [0.717, 1.165) is 50.8 Å². The van der Waals surface area contributed by atoms with Gasteiger partial charge in [0, 0.05) is 30.1 Å². The lowest BCUT2D eigenvalue weighted by atomic mass is 9.82. The summed E-state index contributed by atoms with van der Waals surface area (Å²) in [6, 6.07) is 4.22. The lowest BCUT2D eigenvalue weighted by molar-refractivity contribution is -0.0926. The second kappa shape index (κ2) is 6.60. The summed E-state index contributed by atoms with van der Waals surface area (Å²) in [6.07, 6.45) is 5.80. The number of fused-ring (bicyclic) bond motifs is 3. The molecule has 0 bridgehead atoms. The van der Waals surface area contributed by atoms with Gasteiger partial charge in [-0.1, -0.05) is 0 Å². The number of hydrogen-bond donors (Lipinski definition) is 0. The van der Waals surface area contributed by atoms with Gasteiger partial charge in [-0.15, -0.1) is 11.3 Å². The first-order chi connectivity index (χ1) is 13.2. The standard InChI is InChI=1S/C21H24N2O3S/c1-25-19-15(13-14-3-2-4-17(14)22-19)20(24)23-9-7-21(8-10-23)16-6-12-27-18(16)5-11-26-21/h6,12-13H,2-5,7-11H2,1H3. The third-order valence-corrected chi connectivity index (χ3v) is 7.22. The van der Waals surface area contributed by atoms with Gasteiger partial charge in [-0.25, -0.2) is 4.98 Å². The minimum atomic E-state index is -0.204. The molecule has 0 atom stereocenters. The molecule has 27 heavy (non-hydrogen) atoms. The van der Waals surface area contributed by atoms with Crippen LogP contribution in [-0.2, 0) is 29.6 Å². The van der Waals surface area contributed by atoms with E-state index in [1.807, 2.05) is 22.3 Å². The van der Waals surface area contributed by atoms with Crippen molar-refractivity contribution in [3.05, 3.63) is 44.8 Å². The summed E-state index contributed by atoms with van der Waals surface area (Å²) in [4.78, 5) is 21.2. The van der Waals surface area contributed by atoms with E-state index < -0.39 is 0 Å². The molecular weight excluding hydrogens is 360 g/mol. The molecule has 5 rings (SSSR count). The van der Waals surface area contributed by atoms with Gasteiger partial charge >= 0.3 is 0 Å². The summed E-state index contributed by atoms with van der Waals surface area (Å²) in [7, 11) is 1.60. The van der Waals surface area contributed by atoms with Crippen LogP contribution in [0.3, 0.4) is 0 Å². The first-order valence-corrected chi connectivity index (χ1v) is 10.6. The van der Waals surface area contributed by atoms with Crippen LogP contribution in [-0.4, -0.2) is 42.6 Å². The normalized spacial score (nSPS) is 20.4. The quantitative estimate of drug-likeness (QED) is 0.797. The van der Waals surface area contributed by atoms with Gasteiger partial charge in [-0.05, 0) is 60.7 Å². The van der Waals surface area contributed by atoms with E-state index >= 15 is 0 Å². The predicted molar refractivity (Wildman–Crippen MR) is 104 cm³/mol. The van der Waals surface area contributed by atoms with E-state index in [0.29, 0.717) is 24.5 Å². The number of carbonyl (C=O) groups excluding carboxylic acids is 1. The summed E-state index contributed by atoms with van der Waals surface area (Å²) in [5, 5.41) is 2.17. The monoisotopic (exact) mass is 384 g/mol. The Morgan fingerprint density at radius 3 is 2.96 bits per heavy atom. The highest BCUT2D eigenvalue weighted by molar-refractivity contribution is 7.10. The van der Waals surface area contributed by atoms with Gasteiger partial charge in [0.05, 0.1) is 19.3 Å².